The Hall–Kier alpha value is -2.47. The van der Waals surface area contributed by atoms with E-state index >= 15 is 0 Å². The minimum Gasteiger partial charge on any atom is -0.384 e. The van der Waals surface area contributed by atoms with Crippen LogP contribution in [0, 0.1) is 0 Å². The van der Waals surface area contributed by atoms with E-state index < -0.39 is 0 Å². The number of nitrogens with two attached hydrogens (primary N) is 1. The van der Waals surface area contributed by atoms with Crippen LogP contribution >= 0.6 is 0 Å². The first-order chi connectivity index (χ1) is 11.2. The molecule has 3 heterocycles. The Morgan fingerprint density at radius 2 is 2.22 bits per heavy atom. The molecule has 0 saturated carbocycles. The van der Waals surface area contributed by atoms with Gasteiger partial charge in [0.1, 0.15) is 11.5 Å². The molecule has 6 heteroatoms. The van der Waals surface area contributed by atoms with Crippen LogP contribution in [0.25, 0.3) is 0 Å². The average Bonchev–Trinajstić information content (AvgIpc) is 2.60. The van der Waals surface area contributed by atoms with Crippen LogP contribution in [0.4, 0.5) is 5.82 Å². The van der Waals surface area contributed by atoms with E-state index in [1.165, 1.54) is 0 Å². The normalized spacial score (nSPS) is 17.9. The highest BCUT2D eigenvalue weighted by Crippen LogP contribution is 2.15. The first-order valence-electron chi connectivity index (χ1n) is 7.74. The lowest BCUT2D eigenvalue weighted by Crippen LogP contribution is -2.46. The Morgan fingerprint density at radius 1 is 1.30 bits per heavy atom. The van der Waals surface area contributed by atoms with Gasteiger partial charge in [0, 0.05) is 25.5 Å². The number of carbonyl (C=O) groups excluding carboxylic acids is 1. The zero-order valence-electron chi connectivity index (χ0n) is 12.9. The van der Waals surface area contributed by atoms with E-state index in [1.807, 2.05) is 23.1 Å². The predicted octanol–water partition coefficient (Wildman–Crippen LogP) is 1.53. The van der Waals surface area contributed by atoms with E-state index in [-0.39, 0.29) is 12.0 Å². The fraction of sp³-hybridized carbons (Fsp3) is 0.353. The standard InChI is InChI=1S/C17H20N4O2/c18-16-11-13(6-8-20-16)4-5-14-12-21(9-10-23-14)17(22)15-3-1-2-7-19-15/h1-3,6-8,11,14H,4-5,9-10,12H2,(H2,18,20)/t14-/m1/s1. The lowest BCUT2D eigenvalue weighted by atomic mass is 10.1. The van der Waals surface area contributed by atoms with E-state index in [4.69, 9.17) is 10.5 Å². The predicted molar refractivity (Wildman–Crippen MR) is 86.9 cm³/mol. The van der Waals surface area contributed by atoms with Crippen LogP contribution in [-0.4, -0.2) is 46.6 Å². The monoisotopic (exact) mass is 312 g/mol. The van der Waals surface area contributed by atoms with Gasteiger partial charge in [0.25, 0.3) is 5.91 Å². The Labute approximate surface area is 135 Å². The summed E-state index contributed by atoms with van der Waals surface area (Å²) in [6, 6.07) is 9.20. The smallest absolute Gasteiger partial charge is 0.272 e. The van der Waals surface area contributed by atoms with Gasteiger partial charge in [-0.15, -0.1) is 0 Å². The number of nitrogen functional groups attached to an aromatic ring is 1. The molecular formula is C17H20N4O2. The Bertz CT molecular complexity index is 663. The van der Waals surface area contributed by atoms with Crippen LogP contribution in [0.2, 0.25) is 0 Å². The van der Waals surface area contributed by atoms with Crippen molar-refractivity contribution in [2.24, 2.45) is 0 Å². The van der Waals surface area contributed by atoms with Gasteiger partial charge in [-0.3, -0.25) is 9.78 Å². The van der Waals surface area contributed by atoms with Gasteiger partial charge >= 0.3 is 0 Å². The van der Waals surface area contributed by atoms with Crippen molar-refractivity contribution >= 4 is 11.7 Å². The second-order valence-corrected chi connectivity index (χ2v) is 5.59. The Morgan fingerprint density at radius 3 is 3.00 bits per heavy atom. The van der Waals surface area contributed by atoms with Crippen molar-refractivity contribution in [3.63, 3.8) is 0 Å². The summed E-state index contributed by atoms with van der Waals surface area (Å²) in [7, 11) is 0. The van der Waals surface area contributed by atoms with Crippen LogP contribution < -0.4 is 5.73 Å². The summed E-state index contributed by atoms with van der Waals surface area (Å²) in [6.07, 6.45) is 5.08. The van der Waals surface area contributed by atoms with Gasteiger partial charge in [0.2, 0.25) is 0 Å². The molecule has 120 valence electrons. The summed E-state index contributed by atoms with van der Waals surface area (Å²) < 4.78 is 5.79. The number of amides is 1. The van der Waals surface area contributed by atoms with Gasteiger partial charge in [-0.2, -0.15) is 0 Å². The van der Waals surface area contributed by atoms with E-state index in [1.54, 1.807) is 24.5 Å². The molecule has 1 atom stereocenters. The number of aromatic nitrogens is 2. The van der Waals surface area contributed by atoms with Crippen molar-refractivity contribution < 1.29 is 9.53 Å². The third-order valence-corrected chi connectivity index (χ3v) is 3.91. The second-order valence-electron chi connectivity index (χ2n) is 5.59. The molecule has 0 unspecified atom stereocenters. The molecule has 0 spiro atoms. The van der Waals surface area contributed by atoms with Gasteiger partial charge in [-0.1, -0.05) is 6.07 Å². The van der Waals surface area contributed by atoms with Gasteiger partial charge in [-0.25, -0.2) is 4.98 Å². The first kappa shape index (κ1) is 15.4. The summed E-state index contributed by atoms with van der Waals surface area (Å²) in [5.74, 6) is 0.492. The van der Waals surface area contributed by atoms with E-state index in [2.05, 4.69) is 9.97 Å². The summed E-state index contributed by atoms with van der Waals surface area (Å²) in [4.78, 5) is 22.4. The number of hydrogen-bond donors (Lipinski definition) is 1. The van der Waals surface area contributed by atoms with Crippen LogP contribution in [0.5, 0.6) is 0 Å². The minimum absolute atomic E-state index is 0.0332. The maximum Gasteiger partial charge on any atom is 0.272 e. The first-order valence-corrected chi connectivity index (χ1v) is 7.74. The number of carbonyl (C=O) groups is 1. The van der Waals surface area contributed by atoms with Gasteiger partial charge < -0.3 is 15.4 Å². The molecule has 0 aromatic carbocycles. The zero-order valence-corrected chi connectivity index (χ0v) is 12.9. The number of pyridine rings is 2. The van der Waals surface area contributed by atoms with Crippen molar-refractivity contribution in [3.8, 4) is 0 Å². The van der Waals surface area contributed by atoms with Crippen molar-refractivity contribution in [2.75, 3.05) is 25.4 Å². The Balaban J connectivity index is 1.57. The lowest BCUT2D eigenvalue weighted by molar-refractivity contribution is -0.0247. The SMILES string of the molecule is Nc1cc(CC[C@@H]2CN(C(=O)c3ccccn3)CCO2)ccn1. The second kappa shape index (κ2) is 7.19. The lowest BCUT2D eigenvalue weighted by Gasteiger charge is -2.32. The number of morpholine rings is 1. The van der Waals surface area contributed by atoms with E-state index in [9.17, 15) is 4.79 Å². The highest BCUT2D eigenvalue weighted by Gasteiger charge is 2.25. The molecule has 2 N–H and O–H groups in total. The maximum atomic E-state index is 12.4. The van der Waals surface area contributed by atoms with Crippen LogP contribution in [0.1, 0.15) is 22.5 Å². The fourth-order valence-electron chi connectivity index (χ4n) is 2.71. The van der Waals surface area contributed by atoms with Crippen LogP contribution in [0.15, 0.2) is 42.7 Å². The maximum absolute atomic E-state index is 12.4. The van der Waals surface area contributed by atoms with Crippen molar-refractivity contribution in [3.05, 3.63) is 54.0 Å². The number of aryl methyl sites for hydroxylation is 1. The highest BCUT2D eigenvalue weighted by molar-refractivity contribution is 5.92. The van der Waals surface area contributed by atoms with E-state index in [0.29, 0.717) is 31.2 Å². The molecule has 0 radical (unpaired) electrons. The van der Waals surface area contributed by atoms with Gasteiger partial charge in [0.15, 0.2) is 0 Å². The van der Waals surface area contributed by atoms with Crippen LogP contribution in [0.3, 0.4) is 0 Å². The van der Waals surface area contributed by atoms with Crippen molar-refractivity contribution in [2.45, 2.75) is 18.9 Å². The Kier molecular flexibility index (Phi) is 4.83. The molecule has 6 nitrogen and oxygen atoms in total. The third kappa shape index (κ3) is 4.04. The van der Waals surface area contributed by atoms with Crippen molar-refractivity contribution in [1.29, 1.82) is 0 Å². The molecule has 1 aliphatic rings. The summed E-state index contributed by atoms with van der Waals surface area (Å²) in [5.41, 5.74) is 7.31. The molecule has 0 bridgehead atoms. The molecular weight excluding hydrogens is 292 g/mol. The molecule has 1 aliphatic heterocycles. The number of anilines is 1. The molecule has 2 aromatic heterocycles. The summed E-state index contributed by atoms with van der Waals surface area (Å²) in [5, 5.41) is 0. The third-order valence-electron chi connectivity index (χ3n) is 3.91. The fourth-order valence-corrected chi connectivity index (χ4v) is 2.71. The highest BCUT2D eigenvalue weighted by atomic mass is 16.5. The van der Waals surface area contributed by atoms with Crippen molar-refractivity contribution in [1.82, 2.24) is 14.9 Å². The molecule has 2 aromatic rings. The minimum atomic E-state index is -0.0351. The molecule has 0 aliphatic carbocycles. The van der Waals surface area contributed by atoms with Crippen LogP contribution in [-0.2, 0) is 11.2 Å². The van der Waals surface area contributed by atoms with Gasteiger partial charge in [0.05, 0.1) is 12.7 Å². The molecule has 1 amide bonds. The van der Waals surface area contributed by atoms with Gasteiger partial charge in [-0.05, 0) is 42.7 Å². The number of nitrogens with zero attached hydrogens (tertiary/aromatic N) is 3. The summed E-state index contributed by atoms with van der Waals surface area (Å²) in [6.45, 7) is 1.76. The largest absolute Gasteiger partial charge is 0.384 e. The molecule has 1 saturated heterocycles. The number of ether oxygens (including phenoxy) is 1. The average molecular weight is 312 g/mol. The molecule has 23 heavy (non-hydrogen) atoms. The quantitative estimate of drug-likeness (QED) is 0.926. The molecule has 3 rings (SSSR count). The topological polar surface area (TPSA) is 81.3 Å². The molecule has 1 fully saturated rings. The zero-order chi connectivity index (χ0) is 16.1. The number of rotatable bonds is 4. The van der Waals surface area contributed by atoms with E-state index in [0.717, 1.165) is 18.4 Å². The summed E-state index contributed by atoms with van der Waals surface area (Å²) >= 11 is 0. The number of hydrogen-bond acceptors (Lipinski definition) is 5.